The minimum Gasteiger partial charge on any atom is -0.462 e. The molecule has 3 fully saturated rings. The lowest BCUT2D eigenvalue weighted by molar-refractivity contribution is -0.148. The fourth-order valence-electron chi connectivity index (χ4n) is 5.26. The zero-order chi connectivity index (χ0) is 18.9. The summed E-state index contributed by atoms with van der Waals surface area (Å²) in [5.74, 6) is 0.652. The summed E-state index contributed by atoms with van der Waals surface area (Å²) in [4.78, 5) is 17.4. The van der Waals surface area contributed by atoms with Gasteiger partial charge in [0.25, 0.3) is 0 Å². The molecule has 2 aliphatic heterocycles. The predicted octanol–water partition coefficient (Wildman–Crippen LogP) is 4.20. The smallest absolute Gasteiger partial charge is 0.312 e. The van der Waals surface area contributed by atoms with Crippen molar-refractivity contribution in [1.82, 2.24) is 4.90 Å². The molecule has 1 atom stereocenters. The van der Waals surface area contributed by atoms with Gasteiger partial charge in [0.1, 0.15) is 6.10 Å². The zero-order valence-electron chi connectivity index (χ0n) is 17.0. The van der Waals surface area contributed by atoms with Crippen molar-refractivity contribution in [2.75, 3.05) is 37.6 Å². The second-order valence-corrected chi connectivity index (χ2v) is 9.05. The number of nitrogens with zero attached hydrogens (tertiary/aromatic N) is 2. The largest absolute Gasteiger partial charge is 0.462 e. The Morgan fingerprint density at radius 3 is 2.52 bits per heavy atom. The van der Waals surface area contributed by atoms with Gasteiger partial charge in [-0.1, -0.05) is 44.9 Å². The van der Waals surface area contributed by atoms with Crippen LogP contribution < -0.4 is 4.90 Å². The van der Waals surface area contributed by atoms with E-state index in [1.165, 1.54) is 24.1 Å². The number of para-hydroxylation sites is 1. The van der Waals surface area contributed by atoms with Crippen LogP contribution in [0.3, 0.4) is 0 Å². The average Bonchev–Trinajstić information content (AvgIpc) is 3.28. The van der Waals surface area contributed by atoms with E-state index in [2.05, 4.69) is 47.9 Å². The van der Waals surface area contributed by atoms with Crippen LogP contribution in [0.2, 0.25) is 0 Å². The number of rotatable bonds is 5. The molecule has 4 heteroatoms. The highest BCUT2D eigenvalue weighted by atomic mass is 16.6. The Morgan fingerprint density at radius 2 is 1.81 bits per heavy atom. The van der Waals surface area contributed by atoms with Gasteiger partial charge in [0.15, 0.2) is 0 Å². The van der Waals surface area contributed by atoms with Crippen LogP contribution in [0.25, 0.3) is 0 Å². The molecule has 2 saturated heterocycles. The fraction of sp³-hybridized carbons (Fsp3) is 0.696. The van der Waals surface area contributed by atoms with Crippen molar-refractivity contribution in [2.45, 2.75) is 64.4 Å². The first-order valence-corrected chi connectivity index (χ1v) is 10.8. The molecule has 1 aliphatic carbocycles. The summed E-state index contributed by atoms with van der Waals surface area (Å²) in [5, 5.41) is 0. The monoisotopic (exact) mass is 370 g/mol. The number of piperazine rings is 1. The van der Waals surface area contributed by atoms with Crippen molar-refractivity contribution >= 4 is 11.7 Å². The SMILES string of the molecule is CC(C)c1ccccc1N1CCN(CC[C@H]2CC3(CCCC3)C(=O)O2)CC1. The fourth-order valence-corrected chi connectivity index (χ4v) is 5.26. The Balaban J connectivity index is 1.26. The lowest BCUT2D eigenvalue weighted by Gasteiger charge is -2.37. The van der Waals surface area contributed by atoms with Crippen LogP contribution >= 0.6 is 0 Å². The maximum atomic E-state index is 12.3. The Labute approximate surface area is 163 Å². The molecule has 0 bridgehead atoms. The molecule has 148 valence electrons. The first kappa shape index (κ1) is 18.8. The number of carbonyl (C=O) groups is 1. The third kappa shape index (κ3) is 3.87. The van der Waals surface area contributed by atoms with Crippen LogP contribution in [0.15, 0.2) is 24.3 Å². The molecule has 3 aliphatic rings. The van der Waals surface area contributed by atoms with Gasteiger partial charge >= 0.3 is 5.97 Å². The second-order valence-electron chi connectivity index (χ2n) is 9.05. The van der Waals surface area contributed by atoms with E-state index < -0.39 is 0 Å². The Hall–Kier alpha value is -1.55. The highest BCUT2D eigenvalue weighted by Gasteiger charge is 2.50. The van der Waals surface area contributed by atoms with Gasteiger partial charge in [-0.25, -0.2) is 0 Å². The Kier molecular flexibility index (Phi) is 5.45. The van der Waals surface area contributed by atoms with E-state index in [-0.39, 0.29) is 17.5 Å². The van der Waals surface area contributed by atoms with Gasteiger partial charge in [0.05, 0.1) is 5.41 Å². The van der Waals surface area contributed by atoms with Crippen LogP contribution in [-0.4, -0.2) is 49.7 Å². The Morgan fingerprint density at radius 1 is 1.11 bits per heavy atom. The maximum Gasteiger partial charge on any atom is 0.312 e. The van der Waals surface area contributed by atoms with Gasteiger partial charge in [-0.05, 0) is 36.8 Å². The number of benzene rings is 1. The van der Waals surface area contributed by atoms with E-state index in [0.29, 0.717) is 5.92 Å². The summed E-state index contributed by atoms with van der Waals surface area (Å²) in [6, 6.07) is 8.83. The summed E-state index contributed by atoms with van der Waals surface area (Å²) in [6.07, 6.45) is 6.61. The van der Waals surface area contributed by atoms with Gasteiger partial charge < -0.3 is 9.64 Å². The summed E-state index contributed by atoms with van der Waals surface area (Å²) >= 11 is 0. The van der Waals surface area contributed by atoms with E-state index in [1.807, 2.05) is 0 Å². The maximum absolute atomic E-state index is 12.3. The summed E-state index contributed by atoms with van der Waals surface area (Å²) in [7, 11) is 0. The summed E-state index contributed by atoms with van der Waals surface area (Å²) in [5.41, 5.74) is 2.75. The number of esters is 1. The van der Waals surface area contributed by atoms with Crippen LogP contribution in [-0.2, 0) is 9.53 Å². The first-order chi connectivity index (χ1) is 13.1. The van der Waals surface area contributed by atoms with E-state index in [1.54, 1.807) is 0 Å². The second kappa shape index (κ2) is 7.83. The minimum absolute atomic E-state index is 0.0973. The normalized spacial score (nSPS) is 25.5. The molecule has 0 amide bonds. The van der Waals surface area contributed by atoms with E-state index >= 15 is 0 Å². The van der Waals surface area contributed by atoms with Gasteiger partial charge in [0, 0.05) is 44.8 Å². The number of hydrogen-bond acceptors (Lipinski definition) is 4. The Bertz CT molecular complexity index is 658. The molecule has 27 heavy (non-hydrogen) atoms. The molecule has 0 aromatic heterocycles. The van der Waals surface area contributed by atoms with E-state index in [0.717, 1.165) is 58.4 Å². The molecule has 1 saturated carbocycles. The third-order valence-corrected chi connectivity index (χ3v) is 6.92. The molecule has 0 N–H and O–H groups in total. The highest BCUT2D eigenvalue weighted by molar-refractivity contribution is 5.79. The van der Waals surface area contributed by atoms with Crippen LogP contribution in [0.5, 0.6) is 0 Å². The van der Waals surface area contributed by atoms with Gasteiger partial charge in [0.2, 0.25) is 0 Å². The third-order valence-electron chi connectivity index (χ3n) is 6.92. The first-order valence-electron chi connectivity index (χ1n) is 10.8. The molecule has 4 rings (SSSR count). The molecule has 1 aromatic carbocycles. The standard InChI is InChI=1S/C23H34N2O2/c1-18(2)20-7-3-4-8-21(20)25-15-13-24(14-16-25)12-9-19-17-23(22(26)27-19)10-5-6-11-23/h3-4,7-8,18-19H,5-6,9-17H2,1-2H3/t19-/m0/s1. The van der Waals surface area contributed by atoms with Gasteiger partial charge in [-0.3, -0.25) is 9.69 Å². The summed E-state index contributed by atoms with van der Waals surface area (Å²) < 4.78 is 5.75. The lowest BCUT2D eigenvalue weighted by Crippen LogP contribution is -2.47. The number of ether oxygens (including phenoxy) is 1. The molecule has 0 unspecified atom stereocenters. The number of anilines is 1. The van der Waals surface area contributed by atoms with Crippen molar-refractivity contribution in [1.29, 1.82) is 0 Å². The molecular weight excluding hydrogens is 336 g/mol. The number of cyclic esters (lactones) is 1. The lowest BCUT2D eigenvalue weighted by atomic mass is 9.83. The minimum atomic E-state index is -0.107. The van der Waals surface area contributed by atoms with Crippen molar-refractivity contribution in [3.05, 3.63) is 29.8 Å². The van der Waals surface area contributed by atoms with Gasteiger partial charge in [-0.2, -0.15) is 0 Å². The van der Waals surface area contributed by atoms with Crippen molar-refractivity contribution < 1.29 is 9.53 Å². The summed E-state index contributed by atoms with van der Waals surface area (Å²) in [6.45, 7) is 9.95. The predicted molar refractivity (Wildman–Crippen MR) is 109 cm³/mol. The number of hydrogen-bond donors (Lipinski definition) is 0. The molecule has 2 heterocycles. The van der Waals surface area contributed by atoms with Crippen molar-refractivity contribution in [3.8, 4) is 0 Å². The van der Waals surface area contributed by atoms with Crippen molar-refractivity contribution in [2.24, 2.45) is 5.41 Å². The molecule has 4 nitrogen and oxygen atoms in total. The molecule has 0 radical (unpaired) electrons. The van der Waals surface area contributed by atoms with Crippen molar-refractivity contribution in [3.63, 3.8) is 0 Å². The van der Waals surface area contributed by atoms with Crippen LogP contribution in [0, 0.1) is 5.41 Å². The zero-order valence-corrected chi connectivity index (χ0v) is 17.0. The quantitative estimate of drug-likeness (QED) is 0.727. The topological polar surface area (TPSA) is 32.8 Å². The van der Waals surface area contributed by atoms with Crippen LogP contribution in [0.4, 0.5) is 5.69 Å². The molecule has 1 spiro atoms. The van der Waals surface area contributed by atoms with Gasteiger partial charge in [-0.15, -0.1) is 0 Å². The molecular formula is C23H34N2O2. The highest BCUT2D eigenvalue weighted by Crippen LogP contribution is 2.48. The van der Waals surface area contributed by atoms with Crippen LogP contribution in [0.1, 0.15) is 63.9 Å². The number of carbonyl (C=O) groups excluding carboxylic acids is 1. The average molecular weight is 371 g/mol. The van der Waals surface area contributed by atoms with E-state index in [9.17, 15) is 4.79 Å². The van der Waals surface area contributed by atoms with E-state index in [4.69, 9.17) is 4.74 Å². The molecule has 1 aromatic rings.